The van der Waals surface area contributed by atoms with Gasteiger partial charge < -0.3 is 10.1 Å². The third-order valence-corrected chi connectivity index (χ3v) is 3.24. The Morgan fingerprint density at radius 1 is 1.27 bits per heavy atom. The number of carbonyl (C=O) groups is 1. The van der Waals surface area contributed by atoms with E-state index in [1.54, 1.807) is 25.1 Å². The Hall–Kier alpha value is -2.60. The lowest BCUT2D eigenvalue weighted by Crippen LogP contribution is -2.14. The van der Waals surface area contributed by atoms with E-state index >= 15 is 0 Å². The molecule has 6 nitrogen and oxygen atoms in total. The highest BCUT2D eigenvalue weighted by Crippen LogP contribution is 2.28. The van der Waals surface area contributed by atoms with Crippen molar-refractivity contribution in [3.63, 3.8) is 0 Å². The Labute approximate surface area is 131 Å². The molecule has 0 radical (unpaired) electrons. The van der Waals surface area contributed by atoms with E-state index in [1.165, 1.54) is 25.3 Å². The van der Waals surface area contributed by atoms with E-state index in [4.69, 9.17) is 16.3 Å². The van der Waals surface area contributed by atoms with Gasteiger partial charge in [0.2, 0.25) is 0 Å². The molecule has 0 aromatic heterocycles. The molecule has 0 unspecified atom stereocenters. The van der Waals surface area contributed by atoms with Gasteiger partial charge in [-0.15, -0.1) is 0 Å². The number of nitro groups is 1. The molecule has 0 saturated heterocycles. The van der Waals surface area contributed by atoms with Gasteiger partial charge in [-0.3, -0.25) is 14.9 Å². The van der Waals surface area contributed by atoms with Crippen LogP contribution >= 0.6 is 11.6 Å². The summed E-state index contributed by atoms with van der Waals surface area (Å²) in [4.78, 5) is 22.9. The Balaban J connectivity index is 2.38. The third-order valence-electron chi connectivity index (χ3n) is 3.00. The number of ether oxygens (including phenoxy) is 1. The summed E-state index contributed by atoms with van der Waals surface area (Å²) in [6, 6.07) is 9.15. The van der Waals surface area contributed by atoms with Gasteiger partial charge in [-0.25, -0.2) is 0 Å². The monoisotopic (exact) mass is 320 g/mol. The molecule has 0 aliphatic carbocycles. The maximum absolute atomic E-state index is 12.3. The van der Waals surface area contributed by atoms with Crippen LogP contribution in [0.3, 0.4) is 0 Å². The minimum absolute atomic E-state index is 0.114. The summed E-state index contributed by atoms with van der Waals surface area (Å²) in [5, 5.41) is 14.0. The number of nitro benzene ring substituents is 1. The number of methoxy groups -OCH3 is 1. The van der Waals surface area contributed by atoms with E-state index in [0.717, 1.165) is 5.56 Å². The van der Waals surface area contributed by atoms with Crippen molar-refractivity contribution in [3.05, 3.63) is 62.7 Å². The van der Waals surface area contributed by atoms with Gasteiger partial charge in [0.25, 0.3) is 11.6 Å². The van der Waals surface area contributed by atoms with Gasteiger partial charge >= 0.3 is 0 Å². The summed E-state index contributed by atoms with van der Waals surface area (Å²) in [6.07, 6.45) is 0. The normalized spacial score (nSPS) is 10.1. The minimum atomic E-state index is -0.544. The summed E-state index contributed by atoms with van der Waals surface area (Å²) >= 11 is 5.88. The molecule has 0 aliphatic rings. The summed E-state index contributed by atoms with van der Waals surface area (Å²) < 4.78 is 5.10. The topological polar surface area (TPSA) is 81.5 Å². The molecule has 0 bridgehead atoms. The number of benzene rings is 2. The Morgan fingerprint density at radius 3 is 2.64 bits per heavy atom. The highest BCUT2D eigenvalue weighted by molar-refractivity contribution is 6.31. The van der Waals surface area contributed by atoms with E-state index in [9.17, 15) is 14.9 Å². The molecule has 0 saturated carbocycles. The van der Waals surface area contributed by atoms with Gasteiger partial charge in [0.1, 0.15) is 11.4 Å². The molecule has 114 valence electrons. The van der Waals surface area contributed by atoms with E-state index in [0.29, 0.717) is 10.8 Å². The average Bonchev–Trinajstić information content (AvgIpc) is 2.48. The second-order valence-electron chi connectivity index (χ2n) is 4.58. The second-order valence-corrected chi connectivity index (χ2v) is 5.01. The number of hydrogen-bond acceptors (Lipinski definition) is 4. The number of hydrogen-bond donors (Lipinski definition) is 1. The predicted octanol–water partition coefficient (Wildman–Crippen LogP) is 3.82. The quantitative estimate of drug-likeness (QED) is 0.686. The fourth-order valence-corrected chi connectivity index (χ4v) is 2.12. The van der Waals surface area contributed by atoms with Crippen LogP contribution in [0.2, 0.25) is 5.02 Å². The fraction of sp³-hybridized carbons (Fsp3) is 0.133. The number of carbonyl (C=O) groups excluding carboxylic acids is 1. The zero-order valence-corrected chi connectivity index (χ0v) is 12.7. The first-order chi connectivity index (χ1) is 10.4. The van der Waals surface area contributed by atoms with Crippen molar-refractivity contribution >= 4 is 28.9 Å². The van der Waals surface area contributed by atoms with E-state index in [2.05, 4.69) is 5.32 Å². The van der Waals surface area contributed by atoms with Gasteiger partial charge in [-0.2, -0.15) is 0 Å². The van der Waals surface area contributed by atoms with Crippen LogP contribution in [0, 0.1) is 17.0 Å². The van der Waals surface area contributed by atoms with E-state index < -0.39 is 10.8 Å². The van der Waals surface area contributed by atoms with Gasteiger partial charge in [-0.1, -0.05) is 17.7 Å². The van der Waals surface area contributed by atoms with Gasteiger partial charge in [0, 0.05) is 11.1 Å². The molecule has 2 aromatic rings. The van der Waals surface area contributed by atoms with Crippen molar-refractivity contribution in [1.29, 1.82) is 0 Å². The zero-order chi connectivity index (χ0) is 16.3. The van der Waals surface area contributed by atoms with Crippen LogP contribution < -0.4 is 10.1 Å². The molecule has 0 spiro atoms. The van der Waals surface area contributed by atoms with Crippen LogP contribution in [0.4, 0.5) is 11.4 Å². The van der Waals surface area contributed by atoms with Crippen molar-refractivity contribution in [2.24, 2.45) is 0 Å². The summed E-state index contributed by atoms with van der Waals surface area (Å²) in [5.74, 6) is -0.206. The van der Waals surface area contributed by atoms with E-state index in [1.807, 2.05) is 0 Å². The number of halogens is 1. The van der Waals surface area contributed by atoms with Crippen LogP contribution in [0.5, 0.6) is 5.75 Å². The zero-order valence-electron chi connectivity index (χ0n) is 11.9. The van der Waals surface area contributed by atoms with Crippen LogP contribution in [-0.4, -0.2) is 17.9 Å². The Morgan fingerprint density at radius 2 is 2.00 bits per heavy atom. The van der Waals surface area contributed by atoms with Gasteiger partial charge in [0.05, 0.1) is 17.6 Å². The molecule has 0 aliphatic heterocycles. The van der Waals surface area contributed by atoms with Crippen LogP contribution in [-0.2, 0) is 0 Å². The van der Waals surface area contributed by atoms with Crippen LogP contribution in [0.1, 0.15) is 15.9 Å². The molecule has 0 atom stereocenters. The first kappa shape index (κ1) is 15.8. The Kier molecular flexibility index (Phi) is 4.62. The molecule has 1 N–H and O–H groups in total. The predicted molar refractivity (Wildman–Crippen MR) is 83.8 cm³/mol. The summed E-state index contributed by atoms with van der Waals surface area (Å²) in [5.41, 5.74) is 0.867. The molecular weight excluding hydrogens is 308 g/mol. The third kappa shape index (κ3) is 3.35. The van der Waals surface area contributed by atoms with E-state index in [-0.39, 0.29) is 16.9 Å². The molecular formula is C15H13ClN2O4. The molecule has 2 aromatic carbocycles. The maximum Gasteiger partial charge on any atom is 0.293 e. The van der Waals surface area contributed by atoms with Crippen LogP contribution in [0.15, 0.2) is 36.4 Å². The highest BCUT2D eigenvalue weighted by atomic mass is 35.5. The van der Waals surface area contributed by atoms with Gasteiger partial charge in [-0.05, 0) is 36.8 Å². The molecule has 22 heavy (non-hydrogen) atoms. The maximum atomic E-state index is 12.3. The minimum Gasteiger partial charge on any atom is -0.496 e. The lowest BCUT2D eigenvalue weighted by atomic mass is 10.1. The lowest BCUT2D eigenvalue weighted by molar-refractivity contribution is -0.384. The molecule has 2 rings (SSSR count). The number of nitrogens with one attached hydrogen (secondary N) is 1. The summed E-state index contributed by atoms with van der Waals surface area (Å²) in [6.45, 7) is 1.73. The van der Waals surface area contributed by atoms with Crippen molar-refractivity contribution in [2.75, 3.05) is 12.4 Å². The average molecular weight is 321 g/mol. The van der Waals surface area contributed by atoms with Gasteiger partial charge in [0.15, 0.2) is 0 Å². The first-order valence-electron chi connectivity index (χ1n) is 6.32. The number of aryl methyl sites for hydroxylation is 1. The Bertz CT molecular complexity index is 746. The SMILES string of the molecule is COc1ccc(Cl)cc1C(=O)Nc1ccc(C)cc1[N+](=O)[O-]. The molecule has 7 heteroatoms. The smallest absolute Gasteiger partial charge is 0.293 e. The van der Waals surface area contributed by atoms with Crippen LogP contribution in [0.25, 0.3) is 0 Å². The highest BCUT2D eigenvalue weighted by Gasteiger charge is 2.19. The standard InChI is InChI=1S/C15H13ClN2O4/c1-9-3-5-12(13(7-9)18(20)21)17-15(19)11-8-10(16)4-6-14(11)22-2/h3-8H,1-2H3,(H,17,19). The van der Waals surface area contributed by atoms with Crippen molar-refractivity contribution in [1.82, 2.24) is 0 Å². The molecule has 0 fully saturated rings. The number of rotatable bonds is 4. The second kappa shape index (κ2) is 6.44. The molecule has 0 heterocycles. The van der Waals surface area contributed by atoms with Crippen molar-refractivity contribution in [3.8, 4) is 5.75 Å². The molecule has 1 amide bonds. The number of amides is 1. The first-order valence-corrected chi connectivity index (χ1v) is 6.70. The number of nitrogens with zero attached hydrogens (tertiary/aromatic N) is 1. The summed E-state index contributed by atoms with van der Waals surface area (Å²) in [7, 11) is 1.42. The van der Waals surface area contributed by atoms with Crippen molar-refractivity contribution in [2.45, 2.75) is 6.92 Å². The fourth-order valence-electron chi connectivity index (χ4n) is 1.95. The number of anilines is 1. The largest absolute Gasteiger partial charge is 0.496 e. The van der Waals surface area contributed by atoms with Crippen molar-refractivity contribution < 1.29 is 14.5 Å². The lowest BCUT2D eigenvalue weighted by Gasteiger charge is -2.10.